The van der Waals surface area contributed by atoms with E-state index in [0.717, 1.165) is 35.7 Å². The SMILES string of the molecule is CC(=O)CCc1ccc(NCc2cccc(Oc3ccccc3)c2)cc1. The molecule has 3 rings (SSSR count). The molecule has 26 heavy (non-hydrogen) atoms. The van der Waals surface area contributed by atoms with Crippen LogP contribution < -0.4 is 10.1 Å². The van der Waals surface area contributed by atoms with Gasteiger partial charge >= 0.3 is 0 Å². The fraction of sp³-hybridized carbons (Fsp3) is 0.174. The average Bonchev–Trinajstić information content (AvgIpc) is 2.67. The summed E-state index contributed by atoms with van der Waals surface area (Å²) in [6.45, 7) is 2.35. The molecule has 0 fully saturated rings. The number of Topliss-reactive ketones (excluding diaryl/α,β-unsaturated/α-hetero) is 1. The summed E-state index contributed by atoms with van der Waals surface area (Å²) in [5, 5.41) is 3.42. The number of aryl methyl sites for hydroxylation is 1. The van der Waals surface area contributed by atoms with Crippen LogP contribution in [0.15, 0.2) is 78.9 Å². The van der Waals surface area contributed by atoms with Crippen molar-refractivity contribution in [2.45, 2.75) is 26.3 Å². The van der Waals surface area contributed by atoms with E-state index in [1.165, 1.54) is 5.56 Å². The van der Waals surface area contributed by atoms with Crippen molar-refractivity contribution in [1.82, 2.24) is 0 Å². The maximum Gasteiger partial charge on any atom is 0.130 e. The minimum atomic E-state index is 0.227. The van der Waals surface area contributed by atoms with Gasteiger partial charge in [0.1, 0.15) is 17.3 Å². The van der Waals surface area contributed by atoms with Gasteiger partial charge in [0.25, 0.3) is 0 Å². The van der Waals surface area contributed by atoms with Crippen LogP contribution in [-0.4, -0.2) is 5.78 Å². The molecular weight excluding hydrogens is 322 g/mol. The van der Waals surface area contributed by atoms with Crippen LogP contribution in [0, 0.1) is 0 Å². The topological polar surface area (TPSA) is 38.3 Å². The van der Waals surface area contributed by atoms with Gasteiger partial charge in [0.2, 0.25) is 0 Å². The van der Waals surface area contributed by atoms with Gasteiger partial charge in [-0.15, -0.1) is 0 Å². The molecule has 3 nitrogen and oxygen atoms in total. The summed E-state index contributed by atoms with van der Waals surface area (Å²) < 4.78 is 5.88. The molecule has 0 radical (unpaired) electrons. The van der Waals surface area contributed by atoms with Crippen LogP contribution in [0.2, 0.25) is 0 Å². The monoisotopic (exact) mass is 345 g/mol. The van der Waals surface area contributed by atoms with E-state index in [-0.39, 0.29) is 5.78 Å². The molecule has 3 aromatic rings. The first-order valence-electron chi connectivity index (χ1n) is 8.83. The van der Waals surface area contributed by atoms with Crippen molar-refractivity contribution in [2.24, 2.45) is 0 Å². The molecule has 0 aromatic heterocycles. The number of rotatable bonds is 8. The number of carbonyl (C=O) groups excluding carboxylic acids is 1. The summed E-state index contributed by atoms with van der Waals surface area (Å²) in [6.07, 6.45) is 1.40. The first-order valence-corrected chi connectivity index (χ1v) is 8.83. The van der Waals surface area contributed by atoms with Gasteiger partial charge in [-0.1, -0.05) is 42.5 Å². The molecule has 0 aliphatic carbocycles. The molecule has 3 aromatic carbocycles. The summed E-state index contributed by atoms with van der Waals surface area (Å²) in [5.74, 6) is 1.89. The van der Waals surface area contributed by atoms with Gasteiger partial charge in [-0.3, -0.25) is 0 Å². The second-order valence-corrected chi connectivity index (χ2v) is 6.32. The lowest BCUT2D eigenvalue weighted by atomic mass is 10.1. The van der Waals surface area contributed by atoms with Crippen molar-refractivity contribution >= 4 is 11.5 Å². The summed E-state index contributed by atoms with van der Waals surface area (Å²) >= 11 is 0. The lowest BCUT2D eigenvalue weighted by Crippen LogP contribution is -2.00. The van der Waals surface area contributed by atoms with Crippen LogP contribution in [0.3, 0.4) is 0 Å². The maximum absolute atomic E-state index is 11.1. The third-order valence-corrected chi connectivity index (χ3v) is 4.09. The van der Waals surface area contributed by atoms with Crippen molar-refractivity contribution < 1.29 is 9.53 Å². The molecule has 0 amide bonds. The van der Waals surface area contributed by atoms with Gasteiger partial charge in [-0.2, -0.15) is 0 Å². The fourth-order valence-electron chi connectivity index (χ4n) is 2.66. The number of para-hydroxylation sites is 1. The largest absolute Gasteiger partial charge is 0.457 e. The number of hydrogen-bond acceptors (Lipinski definition) is 3. The Kier molecular flexibility index (Phi) is 6.05. The molecule has 0 saturated carbocycles. The summed E-state index contributed by atoms with van der Waals surface area (Å²) in [6, 6.07) is 26.1. The van der Waals surface area contributed by atoms with Crippen LogP contribution in [-0.2, 0) is 17.8 Å². The fourth-order valence-corrected chi connectivity index (χ4v) is 2.66. The highest BCUT2D eigenvalue weighted by Gasteiger charge is 2.01. The van der Waals surface area contributed by atoms with Gasteiger partial charge in [0.15, 0.2) is 0 Å². The van der Waals surface area contributed by atoms with Gasteiger partial charge in [0, 0.05) is 18.7 Å². The van der Waals surface area contributed by atoms with E-state index in [4.69, 9.17) is 4.74 Å². The Morgan fingerprint density at radius 1 is 0.846 bits per heavy atom. The minimum Gasteiger partial charge on any atom is -0.457 e. The third kappa shape index (κ3) is 5.49. The molecule has 1 N–H and O–H groups in total. The molecular formula is C23H23NO2. The smallest absolute Gasteiger partial charge is 0.130 e. The summed E-state index contributed by atoms with van der Waals surface area (Å²) in [5.41, 5.74) is 3.40. The second-order valence-electron chi connectivity index (χ2n) is 6.32. The van der Waals surface area contributed by atoms with Gasteiger partial charge < -0.3 is 14.8 Å². The molecule has 132 valence electrons. The predicted molar refractivity (Wildman–Crippen MR) is 106 cm³/mol. The summed E-state index contributed by atoms with van der Waals surface area (Å²) in [4.78, 5) is 11.1. The number of carbonyl (C=O) groups is 1. The Morgan fingerprint density at radius 2 is 1.58 bits per heavy atom. The zero-order valence-corrected chi connectivity index (χ0v) is 14.9. The molecule has 0 heterocycles. The van der Waals surface area contributed by atoms with Gasteiger partial charge in [-0.05, 0) is 60.9 Å². The molecule has 0 aliphatic heterocycles. The van der Waals surface area contributed by atoms with E-state index >= 15 is 0 Å². The molecule has 0 aliphatic rings. The van der Waals surface area contributed by atoms with Gasteiger partial charge in [0.05, 0.1) is 0 Å². The number of ketones is 1. The van der Waals surface area contributed by atoms with Crippen molar-refractivity contribution in [3.63, 3.8) is 0 Å². The second kappa shape index (κ2) is 8.86. The lowest BCUT2D eigenvalue weighted by molar-refractivity contribution is -0.116. The number of benzene rings is 3. The Morgan fingerprint density at radius 3 is 2.31 bits per heavy atom. The Hall–Kier alpha value is -3.07. The standard InChI is InChI=1S/C23H23NO2/c1-18(25)10-11-19-12-14-21(15-13-19)24-17-20-6-5-9-23(16-20)26-22-7-3-2-4-8-22/h2-9,12-16,24H,10-11,17H2,1H3. The normalized spacial score (nSPS) is 10.3. The van der Waals surface area contributed by atoms with Crippen LogP contribution >= 0.6 is 0 Å². The minimum absolute atomic E-state index is 0.227. The van der Waals surface area contributed by atoms with Crippen molar-refractivity contribution in [1.29, 1.82) is 0 Å². The Labute approximate surface area is 154 Å². The molecule has 0 unspecified atom stereocenters. The van der Waals surface area contributed by atoms with E-state index in [0.29, 0.717) is 6.42 Å². The molecule has 0 atom stereocenters. The van der Waals surface area contributed by atoms with E-state index in [1.54, 1.807) is 6.92 Å². The van der Waals surface area contributed by atoms with Crippen molar-refractivity contribution in [3.05, 3.63) is 90.0 Å². The van der Waals surface area contributed by atoms with E-state index in [2.05, 4.69) is 35.6 Å². The highest BCUT2D eigenvalue weighted by molar-refractivity contribution is 5.75. The third-order valence-electron chi connectivity index (χ3n) is 4.09. The van der Waals surface area contributed by atoms with E-state index in [9.17, 15) is 4.79 Å². The van der Waals surface area contributed by atoms with Crippen molar-refractivity contribution in [2.75, 3.05) is 5.32 Å². The molecule has 3 heteroatoms. The first-order chi connectivity index (χ1) is 12.7. The zero-order valence-electron chi connectivity index (χ0n) is 14.9. The number of ether oxygens (including phenoxy) is 1. The van der Waals surface area contributed by atoms with E-state index in [1.807, 2.05) is 48.5 Å². The van der Waals surface area contributed by atoms with E-state index < -0.39 is 0 Å². The van der Waals surface area contributed by atoms with Crippen molar-refractivity contribution in [3.8, 4) is 11.5 Å². The van der Waals surface area contributed by atoms with Crippen LogP contribution in [0.1, 0.15) is 24.5 Å². The number of anilines is 1. The Balaban J connectivity index is 1.56. The number of nitrogens with one attached hydrogen (secondary N) is 1. The maximum atomic E-state index is 11.1. The van der Waals surface area contributed by atoms with Crippen LogP contribution in [0.25, 0.3) is 0 Å². The van der Waals surface area contributed by atoms with Gasteiger partial charge in [-0.25, -0.2) is 0 Å². The molecule has 0 bridgehead atoms. The highest BCUT2D eigenvalue weighted by Crippen LogP contribution is 2.22. The molecule has 0 spiro atoms. The lowest BCUT2D eigenvalue weighted by Gasteiger charge is -2.10. The summed E-state index contributed by atoms with van der Waals surface area (Å²) in [7, 11) is 0. The number of hydrogen-bond donors (Lipinski definition) is 1. The average molecular weight is 345 g/mol. The zero-order chi connectivity index (χ0) is 18.2. The first kappa shape index (κ1) is 17.7. The van der Waals surface area contributed by atoms with Crippen LogP contribution in [0.4, 0.5) is 5.69 Å². The quantitative estimate of drug-likeness (QED) is 0.576. The van der Waals surface area contributed by atoms with Crippen LogP contribution in [0.5, 0.6) is 11.5 Å². The predicted octanol–water partition coefficient (Wildman–Crippen LogP) is 5.61. The molecule has 0 saturated heterocycles. The highest BCUT2D eigenvalue weighted by atomic mass is 16.5. The Bertz CT molecular complexity index is 842.